The van der Waals surface area contributed by atoms with E-state index in [0.717, 1.165) is 4.88 Å². The monoisotopic (exact) mass is 288 g/mol. The van der Waals surface area contributed by atoms with Gasteiger partial charge < -0.3 is 15.7 Å². The average Bonchev–Trinajstić information content (AvgIpc) is 2.70. The predicted octanol–water partition coefficient (Wildman–Crippen LogP) is 1.97. The SMILES string of the molecule is CSCC(C)(O)CNC(=O)NCc1ccc(C)s1. The normalized spacial score (nSPS) is 14.0. The molecule has 2 amide bonds. The molecule has 0 aliphatic rings. The van der Waals surface area contributed by atoms with Gasteiger partial charge in [-0.15, -0.1) is 11.3 Å². The molecule has 0 aliphatic carbocycles. The summed E-state index contributed by atoms with van der Waals surface area (Å²) in [4.78, 5) is 13.9. The second-order valence-electron chi connectivity index (χ2n) is 4.48. The number of hydrogen-bond donors (Lipinski definition) is 3. The molecule has 0 radical (unpaired) electrons. The van der Waals surface area contributed by atoms with Crippen LogP contribution >= 0.6 is 23.1 Å². The Balaban J connectivity index is 2.26. The number of hydrogen-bond acceptors (Lipinski definition) is 4. The van der Waals surface area contributed by atoms with Gasteiger partial charge in [-0.2, -0.15) is 11.8 Å². The highest BCUT2D eigenvalue weighted by atomic mass is 32.2. The minimum absolute atomic E-state index is 0.248. The molecular weight excluding hydrogens is 268 g/mol. The number of amides is 2. The van der Waals surface area contributed by atoms with Crippen molar-refractivity contribution >= 4 is 29.1 Å². The van der Waals surface area contributed by atoms with Crippen LogP contribution in [-0.2, 0) is 6.54 Å². The van der Waals surface area contributed by atoms with E-state index < -0.39 is 5.60 Å². The van der Waals surface area contributed by atoms with Gasteiger partial charge in [-0.25, -0.2) is 4.79 Å². The second kappa shape index (κ2) is 7.01. The smallest absolute Gasteiger partial charge is 0.315 e. The Morgan fingerprint density at radius 1 is 1.50 bits per heavy atom. The Labute approximate surface area is 116 Å². The van der Waals surface area contributed by atoms with Crippen molar-refractivity contribution in [3.63, 3.8) is 0 Å². The van der Waals surface area contributed by atoms with Gasteiger partial charge in [0, 0.05) is 22.1 Å². The predicted molar refractivity (Wildman–Crippen MR) is 78.3 cm³/mol. The number of thioether (sulfide) groups is 1. The van der Waals surface area contributed by atoms with E-state index in [1.165, 1.54) is 4.88 Å². The van der Waals surface area contributed by atoms with Crippen LogP contribution < -0.4 is 10.6 Å². The highest BCUT2D eigenvalue weighted by Gasteiger charge is 2.20. The van der Waals surface area contributed by atoms with Crippen molar-refractivity contribution in [2.24, 2.45) is 0 Å². The van der Waals surface area contributed by atoms with Gasteiger partial charge in [0.1, 0.15) is 0 Å². The van der Waals surface area contributed by atoms with Gasteiger partial charge >= 0.3 is 6.03 Å². The fourth-order valence-corrected chi connectivity index (χ4v) is 3.00. The molecule has 0 aliphatic heterocycles. The summed E-state index contributed by atoms with van der Waals surface area (Å²) in [5.41, 5.74) is -0.865. The van der Waals surface area contributed by atoms with E-state index in [0.29, 0.717) is 12.3 Å². The maximum Gasteiger partial charge on any atom is 0.315 e. The Bertz CT molecular complexity index is 391. The molecule has 0 fully saturated rings. The maximum atomic E-state index is 11.5. The lowest BCUT2D eigenvalue weighted by Gasteiger charge is -2.22. The highest BCUT2D eigenvalue weighted by molar-refractivity contribution is 7.98. The highest BCUT2D eigenvalue weighted by Crippen LogP contribution is 2.14. The summed E-state index contributed by atoms with van der Waals surface area (Å²) in [6.45, 7) is 4.53. The first-order valence-electron chi connectivity index (χ1n) is 5.71. The van der Waals surface area contributed by atoms with E-state index >= 15 is 0 Å². The molecular formula is C12H20N2O2S2. The topological polar surface area (TPSA) is 61.4 Å². The summed E-state index contributed by atoms with van der Waals surface area (Å²) in [5.74, 6) is 0.595. The maximum absolute atomic E-state index is 11.5. The first-order valence-corrected chi connectivity index (χ1v) is 7.92. The van der Waals surface area contributed by atoms with Gasteiger partial charge in [0.2, 0.25) is 0 Å². The summed E-state index contributed by atoms with van der Waals surface area (Å²) in [5, 5.41) is 15.3. The molecule has 1 aromatic rings. The van der Waals surface area contributed by atoms with Crippen LogP contribution in [0.1, 0.15) is 16.7 Å². The van der Waals surface area contributed by atoms with Crippen LogP contribution in [0.15, 0.2) is 12.1 Å². The largest absolute Gasteiger partial charge is 0.387 e. The average molecular weight is 288 g/mol. The number of urea groups is 1. The lowest BCUT2D eigenvalue weighted by molar-refractivity contribution is 0.0869. The fourth-order valence-electron chi connectivity index (χ4n) is 1.44. The molecule has 18 heavy (non-hydrogen) atoms. The van der Waals surface area contributed by atoms with Crippen LogP contribution in [0.2, 0.25) is 0 Å². The van der Waals surface area contributed by atoms with Crippen molar-refractivity contribution in [2.45, 2.75) is 26.0 Å². The minimum atomic E-state index is -0.865. The summed E-state index contributed by atoms with van der Waals surface area (Å²) < 4.78 is 0. The number of carbonyl (C=O) groups is 1. The van der Waals surface area contributed by atoms with Crippen LogP contribution in [0, 0.1) is 6.92 Å². The van der Waals surface area contributed by atoms with E-state index in [2.05, 4.69) is 10.6 Å². The van der Waals surface area contributed by atoms with Gasteiger partial charge in [0.25, 0.3) is 0 Å². The van der Waals surface area contributed by atoms with Crippen LogP contribution in [0.4, 0.5) is 4.79 Å². The summed E-state index contributed by atoms with van der Waals surface area (Å²) in [6.07, 6.45) is 1.92. The first-order chi connectivity index (χ1) is 8.43. The second-order valence-corrected chi connectivity index (χ2v) is 6.72. The van der Waals surface area contributed by atoms with Crippen LogP contribution in [0.5, 0.6) is 0 Å². The molecule has 102 valence electrons. The van der Waals surface area contributed by atoms with E-state index in [1.54, 1.807) is 30.0 Å². The van der Waals surface area contributed by atoms with Crippen molar-refractivity contribution in [3.8, 4) is 0 Å². The van der Waals surface area contributed by atoms with Gasteiger partial charge in [-0.1, -0.05) is 0 Å². The van der Waals surface area contributed by atoms with E-state index in [-0.39, 0.29) is 12.6 Å². The van der Waals surface area contributed by atoms with Crippen LogP contribution in [-0.4, -0.2) is 35.3 Å². The zero-order valence-corrected chi connectivity index (χ0v) is 12.6. The van der Waals surface area contributed by atoms with Crippen LogP contribution in [0.25, 0.3) is 0 Å². The Morgan fingerprint density at radius 2 is 2.22 bits per heavy atom. The molecule has 4 nitrogen and oxygen atoms in total. The molecule has 6 heteroatoms. The number of aryl methyl sites for hydroxylation is 1. The van der Waals surface area contributed by atoms with Gasteiger partial charge in [-0.3, -0.25) is 0 Å². The standard InChI is InChI=1S/C12H20N2O2S2/c1-9-4-5-10(18-9)6-13-11(15)14-7-12(2,16)8-17-3/h4-5,16H,6-8H2,1-3H3,(H2,13,14,15). The molecule has 1 unspecified atom stereocenters. The zero-order valence-electron chi connectivity index (χ0n) is 10.9. The third-order valence-corrected chi connectivity index (χ3v) is 4.22. The van der Waals surface area contributed by atoms with Gasteiger partial charge in [0.15, 0.2) is 0 Å². The molecule has 0 saturated carbocycles. The summed E-state index contributed by atoms with van der Waals surface area (Å²) >= 11 is 3.22. The molecule has 1 rings (SSSR count). The molecule has 1 atom stereocenters. The number of aliphatic hydroxyl groups is 1. The molecule has 0 spiro atoms. The quantitative estimate of drug-likeness (QED) is 0.750. The molecule has 0 aromatic carbocycles. The Kier molecular flexibility index (Phi) is 5.98. The number of rotatable bonds is 6. The molecule has 3 N–H and O–H groups in total. The van der Waals surface area contributed by atoms with Crippen molar-refractivity contribution in [1.82, 2.24) is 10.6 Å². The van der Waals surface area contributed by atoms with Gasteiger partial charge in [-0.05, 0) is 32.2 Å². The third-order valence-electron chi connectivity index (χ3n) is 2.30. The van der Waals surface area contributed by atoms with Crippen molar-refractivity contribution in [1.29, 1.82) is 0 Å². The first kappa shape index (κ1) is 15.3. The molecule has 0 bridgehead atoms. The van der Waals surface area contributed by atoms with Gasteiger partial charge in [0.05, 0.1) is 12.1 Å². The number of carbonyl (C=O) groups excluding carboxylic acids is 1. The molecule has 0 saturated heterocycles. The number of nitrogens with one attached hydrogen (secondary N) is 2. The van der Waals surface area contributed by atoms with Crippen molar-refractivity contribution in [2.75, 3.05) is 18.6 Å². The molecule has 1 aromatic heterocycles. The lowest BCUT2D eigenvalue weighted by Crippen LogP contribution is -2.45. The lowest BCUT2D eigenvalue weighted by atomic mass is 10.1. The van der Waals surface area contributed by atoms with E-state index in [1.807, 2.05) is 25.3 Å². The minimum Gasteiger partial charge on any atom is -0.387 e. The van der Waals surface area contributed by atoms with E-state index in [4.69, 9.17) is 0 Å². The van der Waals surface area contributed by atoms with Crippen molar-refractivity contribution in [3.05, 3.63) is 21.9 Å². The van der Waals surface area contributed by atoms with Crippen LogP contribution in [0.3, 0.4) is 0 Å². The fraction of sp³-hybridized carbons (Fsp3) is 0.583. The van der Waals surface area contributed by atoms with Crippen molar-refractivity contribution < 1.29 is 9.90 Å². The van der Waals surface area contributed by atoms with E-state index in [9.17, 15) is 9.90 Å². The molecule has 1 heterocycles. The summed E-state index contributed by atoms with van der Waals surface area (Å²) in [6, 6.07) is 3.79. The third kappa shape index (κ3) is 5.75. The Hall–Kier alpha value is -0.720. The summed E-state index contributed by atoms with van der Waals surface area (Å²) in [7, 11) is 0. The Morgan fingerprint density at radius 3 is 2.78 bits per heavy atom. The number of thiophene rings is 1. The zero-order chi connectivity index (χ0) is 13.6.